The Morgan fingerprint density at radius 3 is 2.75 bits per heavy atom. The third-order valence-corrected chi connectivity index (χ3v) is 3.19. The molecule has 1 aromatic carbocycles. The maximum Gasteiger partial charge on any atom is 0.0519 e. The van der Waals surface area contributed by atoms with Gasteiger partial charge in [-0.15, -0.1) is 0 Å². The first kappa shape index (κ1) is 11.5. The van der Waals surface area contributed by atoms with Crippen LogP contribution in [0.25, 0.3) is 0 Å². The van der Waals surface area contributed by atoms with Gasteiger partial charge in [-0.25, -0.2) is 0 Å². The van der Waals surface area contributed by atoms with E-state index in [1.165, 1.54) is 12.8 Å². The van der Waals surface area contributed by atoms with Crippen molar-refractivity contribution in [2.24, 2.45) is 5.92 Å². The lowest BCUT2D eigenvalue weighted by Gasteiger charge is -2.13. The van der Waals surface area contributed by atoms with E-state index in [0.29, 0.717) is 10.7 Å². The van der Waals surface area contributed by atoms with Gasteiger partial charge in [-0.2, -0.15) is 0 Å². The predicted molar refractivity (Wildman–Crippen MR) is 69.9 cm³/mol. The Labute approximate surface area is 102 Å². The van der Waals surface area contributed by atoms with Crippen LogP contribution in [0.4, 0.5) is 5.69 Å². The molecule has 0 spiro atoms. The molecule has 2 N–H and O–H groups in total. The summed E-state index contributed by atoms with van der Waals surface area (Å²) in [6.45, 7) is 4.80. The van der Waals surface area contributed by atoms with Crippen LogP contribution < -0.4 is 5.32 Å². The van der Waals surface area contributed by atoms with Crippen molar-refractivity contribution < 1.29 is 0 Å². The molecule has 0 saturated heterocycles. The molecule has 0 unspecified atom stereocenters. The van der Waals surface area contributed by atoms with Crippen LogP contribution in [-0.4, -0.2) is 12.3 Å². The van der Waals surface area contributed by atoms with Crippen LogP contribution in [0.3, 0.4) is 0 Å². The molecule has 0 heterocycles. The predicted octanol–water partition coefficient (Wildman–Crippen LogP) is 3.86. The van der Waals surface area contributed by atoms with Crippen molar-refractivity contribution >= 4 is 23.0 Å². The third-order valence-electron chi connectivity index (χ3n) is 2.89. The molecule has 1 aliphatic carbocycles. The standard InChI is InChI=1S/C13H17ClN2/c1-8-5-11(14)13(9(2)15)12(6-8)16-7-10-3-4-10/h5-6,10,15-16H,3-4,7H2,1-2H3. The van der Waals surface area contributed by atoms with Crippen molar-refractivity contribution in [3.63, 3.8) is 0 Å². The highest BCUT2D eigenvalue weighted by Crippen LogP contribution is 2.31. The van der Waals surface area contributed by atoms with Crippen molar-refractivity contribution in [3.05, 3.63) is 28.3 Å². The lowest BCUT2D eigenvalue weighted by Crippen LogP contribution is -2.08. The van der Waals surface area contributed by atoms with Crippen LogP contribution in [0, 0.1) is 18.3 Å². The Kier molecular flexibility index (Phi) is 3.20. The average Bonchev–Trinajstić information content (AvgIpc) is 2.95. The summed E-state index contributed by atoms with van der Waals surface area (Å²) in [4.78, 5) is 0. The second kappa shape index (κ2) is 4.46. The van der Waals surface area contributed by atoms with Gasteiger partial charge in [0.25, 0.3) is 0 Å². The molecular weight excluding hydrogens is 220 g/mol. The molecule has 1 aliphatic rings. The largest absolute Gasteiger partial charge is 0.384 e. The topological polar surface area (TPSA) is 35.9 Å². The summed E-state index contributed by atoms with van der Waals surface area (Å²) in [5.74, 6) is 0.818. The SMILES string of the molecule is CC(=N)c1c(Cl)cc(C)cc1NCC1CC1. The molecule has 2 rings (SSSR count). The first-order chi connectivity index (χ1) is 7.58. The lowest BCUT2D eigenvalue weighted by atomic mass is 10.1. The van der Waals surface area contributed by atoms with Gasteiger partial charge in [0.15, 0.2) is 0 Å². The monoisotopic (exact) mass is 236 g/mol. The quantitative estimate of drug-likeness (QED) is 0.766. The van der Waals surface area contributed by atoms with Crippen LogP contribution in [0.2, 0.25) is 5.02 Å². The van der Waals surface area contributed by atoms with Gasteiger partial charge in [-0.05, 0) is 50.3 Å². The minimum absolute atomic E-state index is 0.517. The summed E-state index contributed by atoms with van der Waals surface area (Å²) in [6, 6.07) is 3.98. The van der Waals surface area contributed by atoms with Crippen molar-refractivity contribution in [2.45, 2.75) is 26.7 Å². The number of aryl methyl sites for hydroxylation is 1. The molecule has 0 amide bonds. The third kappa shape index (κ3) is 2.56. The number of nitrogens with one attached hydrogen (secondary N) is 2. The highest BCUT2D eigenvalue weighted by molar-refractivity contribution is 6.34. The molecule has 86 valence electrons. The normalized spacial score (nSPS) is 14.9. The van der Waals surface area contributed by atoms with Gasteiger partial charge in [0.2, 0.25) is 0 Å². The number of hydrogen-bond donors (Lipinski definition) is 2. The van der Waals surface area contributed by atoms with Gasteiger partial charge in [0.05, 0.1) is 5.02 Å². The number of benzene rings is 1. The van der Waals surface area contributed by atoms with E-state index >= 15 is 0 Å². The highest BCUT2D eigenvalue weighted by atomic mass is 35.5. The summed E-state index contributed by atoms with van der Waals surface area (Å²) >= 11 is 6.18. The van der Waals surface area contributed by atoms with E-state index in [1.54, 1.807) is 6.92 Å². The molecule has 0 aromatic heterocycles. The molecule has 1 aromatic rings. The lowest BCUT2D eigenvalue weighted by molar-refractivity contribution is 0.889. The van der Waals surface area contributed by atoms with Gasteiger partial charge in [-0.3, -0.25) is 0 Å². The van der Waals surface area contributed by atoms with Crippen molar-refractivity contribution in [1.29, 1.82) is 5.41 Å². The van der Waals surface area contributed by atoms with Gasteiger partial charge in [-0.1, -0.05) is 11.6 Å². The summed E-state index contributed by atoms with van der Waals surface area (Å²) in [5.41, 5.74) is 3.49. The molecule has 0 aliphatic heterocycles. The highest BCUT2D eigenvalue weighted by Gasteiger charge is 2.21. The fraction of sp³-hybridized carbons (Fsp3) is 0.462. The molecule has 2 nitrogen and oxygen atoms in total. The molecule has 1 fully saturated rings. The Hall–Kier alpha value is -1.02. The fourth-order valence-corrected chi connectivity index (χ4v) is 2.25. The van der Waals surface area contributed by atoms with Crippen LogP contribution in [0.1, 0.15) is 30.9 Å². The molecule has 0 bridgehead atoms. The van der Waals surface area contributed by atoms with E-state index < -0.39 is 0 Å². The first-order valence-electron chi connectivity index (χ1n) is 5.67. The summed E-state index contributed by atoms with van der Waals surface area (Å²) in [7, 11) is 0. The molecule has 0 atom stereocenters. The maximum absolute atomic E-state index is 7.76. The number of rotatable bonds is 4. The van der Waals surface area contributed by atoms with E-state index in [1.807, 2.05) is 13.0 Å². The molecular formula is C13H17ClN2. The van der Waals surface area contributed by atoms with E-state index in [4.69, 9.17) is 17.0 Å². The Balaban J connectivity index is 2.27. The van der Waals surface area contributed by atoms with Crippen molar-refractivity contribution in [3.8, 4) is 0 Å². The molecule has 3 heteroatoms. The Bertz CT molecular complexity index is 422. The van der Waals surface area contributed by atoms with Crippen LogP contribution in [0.15, 0.2) is 12.1 Å². The molecule has 1 saturated carbocycles. The number of halogens is 1. The summed E-state index contributed by atoms with van der Waals surface area (Å²) in [5, 5.41) is 11.8. The second-order valence-electron chi connectivity index (χ2n) is 4.62. The first-order valence-corrected chi connectivity index (χ1v) is 6.05. The van der Waals surface area contributed by atoms with Gasteiger partial charge in [0.1, 0.15) is 0 Å². The van der Waals surface area contributed by atoms with Crippen LogP contribution in [-0.2, 0) is 0 Å². The maximum atomic E-state index is 7.76. The minimum atomic E-state index is 0.517. The molecule has 0 radical (unpaired) electrons. The summed E-state index contributed by atoms with van der Waals surface area (Å²) < 4.78 is 0. The smallest absolute Gasteiger partial charge is 0.0519 e. The van der Waals surface area contributed by atoms with Crippen LogP contribution in [0.5, 0.6) is 0 Å². The second-order valence-corrected chi connectivity index (χ2v) is 5.03. The number of hydrogen-bond acceptors (Lipinski definition) is 2. The van der Waals surface area contributed by atoms with Crippen molar-refractivity contribution in [1.82, 2.24) is 0 Å². The minimum Gasteiger partial charge on any atom is -0.384 e. The van der Waals surface area contributed by atoms with Crippen LogP contribution >= 0.6 is 11.6 Å². The summed E-state index contributed by atoms with van der Waals surface area (Å²) in [6.07, 6.45) is 2.65. The van der Waals surface area contributed by atoms with Gasteiger partial charge >= 0.3 is 0 Å². The van der Waals surface area contributed by atoms with Crippen molar-refractivity contribution in [2.75, 3.05) is 11.9 Å². The van der Waals surface area contributed by atoms with Gasteiger partial charge in [0, 0.05) is 23.5 Å². The van der Waals surface area contributed by atoms with E-state index in [-0.39, 0.29) is 0 Å². The van der Waals surface area contributed by atoms with Gasteiger partial charge < -0.3 is 10.7 Å². The van der Waals surface area contributed by atoms with E-state index in [9.17, 15) is 0 Å². The Morgan fingerprint density at radius 2 is 2.19 bits per heavy atom. The fourth-order valence-electron chi connectivity index (χ4n) is 1.84. The zero-order valence-electron chi connectivity index (χ0n) is 9.73. The zero-order chi connectivity index (χ0) is 11.7. The van der Waals surface area contributed by atoms with E-state index in [2.05, 4.69) is 11.4 Å². The Morgan fingerprint density at radius 1 is 1.50 bits per heavy atom. The van der Waals surface area contributed by atoms with E-state index in [0.717, 1.165) is 29.3 Å². The molecule has 16 heavy (non-hydrogen) atoms. The average molecular weight is 237 g/mol. The number of anilines is 1. The zero-order valence-corrected chi connectivity index (χ0v) is 10.5.